The third-order valence-electron chi connectivity index (χ3n) is 2.96. The number of carbonyl (C=O) groups is 1. The van der Waals surface area contributed by atoms with Crippen LogP contribution in [-0.4, -0.2) is 32.9 Å². The Morgan fingerprint density at radius 2 is 1.78 bits per heavy atom. The normalized spacial score (nSPS) is 13.3. The predicted octanol–water partition coefficient (Wildman–Crippen LogP) is 2.14. The van der Waals surface area contributed by atoms with E-state index in [9.17, 15) is 13.2 Å². The van der Waals surface area contributed by atoms with Gasteiger partial charge in [0.05, 0.1) is 5.75 Å². The first-order chi connectivity index (χ1) is 8.37. The Kier molecular flexibility index (Phi) is 9.06. The molecule has 1 atom stereocenters. The average molecular weight is 277 g/mol. The van der Waals surface area contributed by atoms with Crippen LogP contribution in [0.5, 0.6) is 0 Å². The smallest absolute Gasteiger partial charge is 0.222 e. The van der Waals surface area contributed by atoms with Crippen molar-refractivity contribution in [2.45, 2.75) is 52.4 Å². The lowest BCUT2D eigenvalue weighted by Crippen LogP contribution is -2.32. The van der Waals surface area contributed by atoms with Crippen molar-refractivity contribution in [3.05, 3.63) is 0 Å². The van der Waals surface area contributed by atoms with E-state index in [2.05, 4.69) is 12.2 Å². The topological polar surface area (TPSA) is 63.2 Å². The minimum atomic E-state index is -2.99. The molecule has 1 unspecified atom stereocenters. The van der Waals surface area contributed by atoms with E-state index in [4.69, 9.17) is 0 Å². The highest BCUT2D eigenvalue weighted by molar-refractivity contribution is 7.90. The van der Waals surface area contributed by atoms with E-state index in [0.29, 0.717) is 0 Å². The fraction of sp³-hybridized carbons (Fsp3) is 0.923. The third-order valence-corrected chi connectivity index (χ3v) is 3.91. The SMILES string of the molecule is CCCCCCCC(C)C(=O)NCCS(C)(=O)=O. The molecule has 0 radical (unpaired) electrons. The zero-order chi connectivity index (χ0) is 14.0. The van der Waals surface area contributed by atoms with Crippen molar-refractivity contribution in [3.8, 4) is 0 Å². The van der Waals surface area contributed by atoms with Crippen molar-refractivity contribution in [1.29, 1.82) is 0 Å². The van der Waals surface area contributed by atoms with E-state index < -0.39 is 9.84 Å². The van der Waals surface area contributed by atoms with Gasteiger partial charge in [0.1, 0.15) is 9.84 Å². The zero-order valence-electron chi connectivity index (χ0n) is 11.9. The van der Waals surface area contributed by atoms with E-state index in [0.717, 1.165) is 12.8 Å². The van der Waals surface area contributed by atoms with Crippen LogP contribution in [0.2, 0.25) is 0 Å². The van der Waals surface area contributed by atoms with Gasteiger partial charge in [0.15, 0.2) is 0 Å². The van der Waals surface area contributed by atoms with Crippen molar-refractivity contribution in [3.63, 3.8) is 0 Å². The number of amides is 1. The molecule has 0 aliphatic heterocycles. The standard InChI is InChI=1S/C13H27NO3S/c1-4-5-6-7-8-9-12(2)13(15)14-10-11-18(3,16)17/h12H,4-11H2,1-3H3,(H,14,15). The first-order valence-electron chi connectivity index (χ1n) is 6.82. The van der Waals surface area contributed by atoms with E-state index >= 15 is 0 Å². The second kappa shape index (κ2) is 9.36. The fourth-order valence-electron chi connectivity index (χ4n) is 1.72. The maximum Gasteiger partial charge on any atom is 0.222 e. The molecule has 0 aromatic carbocycles. The monoisotopic (exact) mass is 277 g/mol. The van der Waals surface area contributed by atoms with Gasteiger partial charge in [0.25, 0.3) is 0 Å². The van der Waals surface area contributed by atoms with E-state index in [1.54, 1.807) is 0 Å². The Labute approximate surface area is 111 Å². The molecular formula is C13H27NO3S. The summed E-state index contributed by atoms with van der Waals surface area (Å²) in [5, 5.41) is 2.67. The van der Waals surface area contributed by atoms with Crippen molar-refractivity contribution < 1.29 is 13.2 Å². The minimum Gasteiger partial charge on any atom is -0.355 e. The molecule has 1 amide bonds. The molecule has 0 saturated carbocycles. The lowest BCUT2D eigenvalue weighted by molar-refractivity contribution is -0.124. The summed E-state index contributed by atoms with van der Waals surface area (Å²) in [6.07, 6.45) is 8.02. The van der Waals surface area contributed by atoms with Crippen LogP contribution >= 0.6 is 0 Å². The highest BCUT2D eigenvalue weighted by atomic mass is 32.2. The molecular weight excluding hydrogens is 250 g/mol. The van der Waals surface area contributed by atoms with Crippen molar-refractivity contribution in [2.24, 2.45) is 5.92 Å². The number of unbranched alkanes of at least 4 members (excludes halogenated alkanes) is 4. The average Bonchev–Trinajstić information content (AvgIpc) is 2.26. The summed E-state index contributed by atoms with van der Waals surface area (Å²) < 4.78 is 21.8. The highest BCUT2D eigenvalue weighted by Gasteiger charge is 2.12. The molecule has 4 nitrogen and oxygen atoms in total. The Balaban J connectivity index is 3.63. The van der Waals surface area contributed by atoms with Crippen LogP contribution < -0.4 is 5.32 Å². The molecule has 0 spiro atoms. The molecule has 0 aliphatic carbocycles. The molecule has 18 heavy (non-hydrogen) atoms. The molecule has 108 valence electrons. The van der Waals surface area contributed by atoms with E-state index in [1.165, 1.54) is 31.9 Å². The van der Waals surface area contributed by atoms with Crippen LogP contribution in [0.4, 0.5) is 0 Å². The molecule has 0 aromatic heterocycles. The summed E-state index contributed by atoms with van der Waals surface area (Å²) in [4.78, 5) is 11.6. The van der Waals surface area contributed by atoms with Crippen LogP contribution in [0.3, 0.4) is 0 Å². The summed E-state index contributed by atoms with van der Waals surface area (Å²) in [7, 11) is -2.99. The van der Waals surface area contributed by atoms with Gasteiger partial charge < -0.3 is 5.32 Å². The molecule has 0 saturated heterocycles. The summed E-state index contributed by atoms with van der Waals surface area (Å²) in [5.74, 6) is -0.0394. The first-order valence-corrected chi connectivity index (χ1v) is 8.88. The predicted molar refractivity (Wildman–Crippen MR) is 75.3 cm³/mol. The highest BCUT2D eigenvalue weighted by Crippen LogP contribution is 2.11. The van der Waals surface area contributed by atoms with Crippen LogP contribution in [0, 0.1) is 5.92 Å². The summed E-state index contributed by atoms with van der Waals surface area (Å²) >= 11 is 0. The molecule has 1 N–H and O–H groups in total. The van der Waals surface area contributed by atoms with Crippen LogP contribution in [0.15, 0.2) is 0 Å². The maximum atomic E-state index is 11.6. The Morgan fingerprint density at radius 1 is 1.17 bits per heavy atom. The number of nitrogens with one attached hydrogen (secondary N) is 1. The molecule has 5 heteroatoms. The molecule has 0 heterocycles. The van der Waals surface area contributed by atoms with Gasteiger partial charge in [0.2, 0.25) is 5.91 Å². The summed E-state index contributed by atoms with van der Waals surface area (Å²) in [6, 6.07) is 0. The Morgan fingerprint density at radius 3 is 2.33 bits per heavy atom. The Hall–Kier alpha value is -0.580. The van der Waals surface area contributed by atoms with Gasteiger partial charge in [-0.3, -0.25) is 4.79 Å². The second-order valence-electron chi connectivity index (χ2n) is 5.02. The van der Waals surface area contributed by atoms with Gasteiger partial charge in [-0.1, -0.05) is 46.0 Å². The number of hydrogen-bond acceptors (Lipinski definition) is 3. The maximum absolute atomic E-state index is 11.6. The molecule has 0 fully saturated rings. The van der Waals surface area contributed by atoms with Crippen LogP contribution in [0.1, 0.15) is 52.4 Å². The molecule has 0 aromatic rings. The molecule has 0 aliphatic rings. The largest absolute Gasteiger partial charge is 0.355 e. The third kappa shape index (κ3) is 10.6. The van der Waals surface area contributed by atoms with Gasteiger partial charge in [-0.25, -0.2) is 8.42 Å². The quantitative estimate of drug-likeness (QED) is 0.622. The molecule has 0 bridgehead atoms. The lowest BCUT2D eigenvalue weighted by atomic mass is 10.0. The second-order valence-corrected chi connectivity index (χ2v) is 7.28. The van der Waals surface area contributed by atoms with E-state index in [1.807, 2.05) is 6.92 Å². The number of carbonyl (C=O) groups excluding carboxylic acids is 1. The first kappa shape index (κ1) is 17.4. The van der Waals surface area contributed by atoms with Gasteiger partial charge in [0, 0.05) is 18.7 Å². The van der Waals surface area contributed by atoms with E-state index in [-0.39, 0.29) is 24.1 Å². The molecule has 0 rings (SSSR count). The summed E-state index contributed by atoms with van der Waals surface area (Å²) in [6.45, 7) is 4.30. The van der Waals surface area contributed by atoms with Crippen molar-refractivity contribution >= 4 is 15.7 Å². The number of hydrogen-bond donors (Lipinski definition) is 1. The zero-order valence-corrected chi connectivity index (χ0v) is 12.7. The number of sulfone groups is 1. The van der Waals surface area contributed by atoms with Crippen molar-refractivity contribution in [2.75, 3.05) is 18.6 Å². The minimum absolute atomic E-state index is 0.0158. The van der Waals surface area contributed by atoms with Crippen LogP contribution in [0.25, 0.3) is 0 Å². The van der Waals surface area contributed by atoms with Crippen LogP contribution in [-0.2, 0) is 14.6 Å². The van der Waals surface area contributed by atoms with Gasteiger partial charge in [-0.2, -0.15) is 0 Å². The lowest BCUT2D eigenvalue weighted by Gasteiger charge is -2.11. The number of rotatable bonds is 10. The Bertz CT molecular complexity index is 325. The van der Waals surface area contributed by atoms with Crippen molar-refractivity contribution in [1.82, 2.24) is 5.32 Å². The van der Waals surface area contributed by atoms with Gasteiger partial charge >= 0.3 is 0 Å². The summed E-state index contributed by atoms with van der Waals surface area (Å²) in [5.41, 5.74) is 0. The van der Waals surface area contributed by atoms with Gasteiger partial charge in [-0.15, -0.1) is 0 Å². The van der Waals surface area contributed by atoms with Gasteiger partial charge in [-0.05, 0) is 6.42 Å². The fourth-order valence-corrected chi connectivity index (χ4v) is 2.19.